The van der Waals surface area contributed by atoms with Crippen molar-refractivity contribution in [3.05, 3.63) is 18.4 Å². The molecule has 1 heterocycles. The van der Waals surface area contributed by atoms with E-state index in [4.69, 9.17) is 4.42 Å². The van der Waals surface area contributed by atoms with E-state index in [9.17, 15) is 9.59 Å². The fourth-order valence-corrected chi connectivity index (χ4v) is 1.11. The van der Waals surface area contributed by atoms with Gasteiger partial charge in [-0.05, 0) is 20.8 Å². The number of aliphatic imine (C=N–C) groups is 1. The first-order chi connectivity index (χ1) is 8.36. The van der Waals surface area contributed by atoms with Crippen molar-refractivity contribution >= 4 is 17.6 Å². The van der Waals surface area contributed by atoms with Crippen LogP contribution in [0.1, 0.15) is 31.3 Å². The first-order valence-corrected chi connectivity index (χ1v) is 5.32. The number of nitrogens with zero attached hydrogens (tertiary/aromatic N) is 2. The van der Waals surface area contributed by atoms with E-state index in [0.717, 1.165) is 6.39 Å². The summed E-state index contributed by atoms with van der Waals surface area (Å²) < 4.78 is 4.70. The zero-order valence-corrected chi connectivity index (χ0v) is 10.8. The number of oxazole rings is 1. The second kappa shape index (κ2) is 5.44. The molecule has 0 aliphatic heterocycles. The molecule has 0 aliphatic rings. The molecule has 0 atom stereocenters. The first kappa shape index (κ1) is 13.9. The van der Waals surface area contributed by atoms with Crippen molar-refractivity contribution in [2.24, 2.45) is 4.99 Å². The van der Waals surface area contributed by atoms with Crippen LogP contribution in [0.4, 0.5) is 0 Å². The number of carbonyl (C=O) groups is 2. The molecule has 1 rings (SSSR count). The molecule has 0 fully saturated rings. The number of aromatic nitrogens is 1. The minimum Gasteiger partial charge on any atom is -0.451 e. The highest BCUT2D eigenvalue weighted by molar-refractivity contribution is 6.03. The van der Waals surface area contributed by atoms with Crippen LogP contribution in [0.15, 0.2) is 22.1 Å². The number of hydrogen-bond donors (Lipinski definition) is 2. The van der Waals surface area contributed by atoms with Gasteiger partial charge in [0.25, 0.3) is 5.91 Å². The lowest BCUT2D eigenvalue weighted by atomic mass is 10.0. The van der Waals surface area contributed by atoms with Crippen molar-refractivity contribution in [2.45, 2.75) is 26.3 Å². The predicted molar refractivity (Wildman–Crippen MR) is 65.2 cm³/mol. The van der Waals surface area contributed by atoms with E-state index in [1.54, 1.807) is 27.8 Å². The largest absolute Gasteiger partial charge is 0.451 e. The van der Waals surface area contributed by atoms with Gasteiger partial charge in [-0.1, -0.05) is 0 Å². The smallest absolute Gasteiger partial charge is 0.274 e. The average molecular weight is 252 g/mol. The van der Waals surface area contributed by atoms with E-state index >= 15 is 0 Å². The summed E-state index contributed by atoms with van der Waals surface area (Å²) in [5.41, 5.74) is -0.959. The summed E-state index contributed by atoms with van der Waals surface area (Å²) in [7, 11) is 1.57. The predicted octanol–water partition coefficient (Wildman–Crippen LogP) is 0.347. The molecular formula is C11H16N4O3. The molecule has 1 aromatic rings. The highest BCUT2D eigenvalue weighted by Gasteiger charge is 2.30. The Bertz CT molecular complexity index is 463. The monoisotopic (exact) mass is 252 g/mol. The molecule has 0 radical (unpaired) electrons. The molecule has 0 saturated carbocycles. The van der Waals surface area contributed by atoms with Crippen molar-refractivity contribution in [1.29, 1.82) is 0 Å². The van der Waals surface area contributed by atoms with Crippen LogP contribution in [0.3, 0.4) is 0 Å². The van der Waals surface area contributed by atoms with E-state index in [0.29, 0.717) is 5.84 Å². The van der Waals surface area contributed by atoms with E-state index in [-0.39, 0.29) is 11.6 Å². The van der Waals surface area contributed by atoms with Gasteiger partial charge in [0.1, 0.15) is 11.8 Å². The van der Waals surface area contributed by atoms with E-state index in [1.807, 2.05) is 0 Å². The number of amidine groups is 1. The van der Waals surface area contributed by atoms with Gasteiger partial charge < -0.3 is 15.1 Å². The third kappa shape index (κ3) is 3.41. The number of carbonyl (C=O) groups excluding carboxylic acids is 2. The number of nitrogens with one attached hydrogen (secondary N) is 2. The van der Waals surface area contributed by atoms with Gasteiger partial charge in [0.2, 0.25) is 5.91 Å². The Morgan fingerprint density at radius 1 is 1.44 bits per heavy atom. The summed E-state index contributed by atoms with van der Waals surface area (Å²) in [6.07, 6.45) is 2.36. The molecule has 18 heavy (non-hydrogen) atoms. The summed E-state index contributed by atoms with van der Waals surface area (Å²) in [4.78, 5) is 31.1. The topological polar surface area (TPSA) is 96.6 Å². The second-order valence-corrected chi connectivity index (χ2v) is 4.22. The zero-order valence-electron chi connectivity index (χ0n) is 10.8. The molecule has 0 saturated heterocycles. The van der Waals surface area contributed by atoms with Gasteiger partial charge in [0.05, 0.1) is 5.84 Å². The molecule has 0 spiro atoms. The maximum atomic E-state index is 11.9. The van der Waals surface area contributed by atoms with E-state index < -0.39 is 11.4 Å². The average Bonchev–Trinajstić information content (AvgIpc) is 2.81. The summed E-state index contributed by atoms with van der Waals surface area (Å²) in [6, 6.07) is 0. The molecule has 7 nitrogen and oxygen atoms in total. The van der Waals surface area contributed by atoms with Gasteiger partial charge in [-0.25, -0.2) is 4.98 Å². The quantitative estimate of drug-likeness (QED) is 0.599. The molecular weight excluding hydrogens is 236 g/mol. The highest BCUT2D eigenvalue weighted by Crippen LogP contribution is 2.05. The number of hydrogen-bond acceptors (Lipinski definition) is 5. The molecule has 0 bridgehead atoms. The number of amides is 2. The Hall–Kier alpha value is -2.18. The van der Waals surface area contributed by atoms with Crippen LogP contribution in [0, 0.1) is 0 Å². The Morgan fingerprint density at radius 3 is 2.61 bits per heavy atom. The van der Waals surface area contributed by atoms with Crippen LogP contribution < -0.4 is 10.6 Å². The summed E-state index contributed by atoms with van der Waals surface area (Å²) in [6.45, 7) is 4.83. The molecule has 2 N–H and O–H groups in total. The summed E-state index contributed by atoms with van der Waals surface area (Å²) in [5.74, 6) is -0.360. The van der Waals surface area contributed by atoms with Gasteiger partial charge in [-0.15, -0.1) is 0 Å². The Balaban J connectivity index is 2.69. The maximum Gasteiger partial charge on any atom is 0.274 e. The lowest BCUT2D eigenvalue weighted by Crippen LogP contribution is -2.55. The fourth-order valence-electron chi connectivity index (χ4n) is 1.11. The maximum absolute atomic E-state index is 11.9. The summed E-state index contributed by atoms with van der Waals surface area (Å²) in [5, 5.41) is 5.13. The lowest BCUT2D eigenvalue weighted by molar-refractivity contribution is -0.124. The SMILES string of the molecule is CN=C(C)NC(=O)C(C)(C)NC(=O)c1cocn1. The number of rotatable bonds is 3. The Kier molecular flexibility index (Phi) is 4.19. The van der Waals surface area contributed by atoms with Crippen molar-refractivity contribution in [3.63, 3.8) is 0 Å². The molecule has 0 aliphatic carbocycles. The van der Waals surface area contributed by atoms with Crippen LogP contribution in [0.2, 0.25) is 0 Å². The van der Waals surface area contributed by atoms with Crippen molar-refractivity contribution in [1.82, 2.24) is 15.6 Å². The normalized spacial score (nSPS) is 12.1. The standard InChI is InChI=1S/C11H16N4O3/c1-7(12-4)14-10(17)11(2,3)15-9(16)8-5-18-6-13-8/h5-6H,1-4H3,(H,15,16)(H,12,14,17). The second-order valence-electron chi connectivity index (χ2n) is 4.22. The Labute approximate surface area is 105 Å². The molecule has 0 aromatic carbocycles. The van der Waals surface area contributed by atoms with Crippen LogP contribution >= 0.6 is 0 Å². The van der Waals surface area contributed by atoms with Gasteiger partial charge >= 0.3 is 0 Å². The van der Waals surface area contributed by atoms with Gasteiger partial charge in [-0.3, -0.25) is 14.6 Å². The minimum atomic E-state index is -1.08. The lowest BCUT2D eigenvalue weighted by Gasteiger charge is -2.24. The molecule has 7 heteroatoms. The third-order valence-electron chi connectivity index (χ3n) is 2.29. The highest BCUT2D eigenvalue weighted by atomic mass is 16.3. The van der Waals surface area contributed by atoms with Gasteiger partial charge in [-0.2, -0.15) is 0 Å². The van der Waals surface area contributed by atoms with Crippen LogP contribution in [0.25, 0.3) is 0 Å². The van der Waals surface area contributed by atoms with Crippen molar-refractivity contribution < 1.29 is 14.0 Å². The zero-order chi connectivity index (χ0) is 13.8. The molecule has 2 amide bonds. The summed E-state index contributed by atoms with van der Waals surface area (Å²) >= 11 is 0. The first-order valence-electron chi connectivity index (χ1n) is 5.32. The van der Waals surface area contributed by atoms with Gasteiger partial charge in [0, 0.05) is 7.05 Å². The van der Waals surface area contributed by atoms with Gasteiger partial charge in [0.15, 0.2) is 12.1 Å². The van der Waals surface area contributed by atoms with E-state index in [2.05, 4.69) is 20.6 Å². The van der Waals surface area contributed by atoms with Crippen molar-refractivity contribution in [2.75, 3.05) is 7.05 Å². The van der Waals surface area contributed by atoms with Crippen LogP contribution in [-0.4, -0.2) is 35.2 Å². The Morgan fingerprint density at radius 2 is 2.11 bits per heavy atom. The molecule has 0 unspecified atom stereocenters. The minimum absolute atomic E-state index is 0.122. The molecule has 98 valence electrons. The van der Waals surface area contributed by atoms with Crippen LogP contribution in [-0.2, 0) is 4.79 Å². The fraction of sp³-hybridized carbons (Fsp3) is 0.455. The third-order valence-corrected chi connectivity index (χ3v) is 2.29. The van der Waals surface area contributed by atoms with Crippen LogP contribution in [0.5, 0.6) is 0 Å². The molecule has 1 aromatic heterocycles. The van der Waals surface area contributed by atoms with Crippen molar-refractivity contribution in [3.8, 4) is 0 Å². The van der Waals surface area contributed by atoms with E-state index in [1.165, 1.54) is 6.26 Å².